The molecule has 0 bridgehead atoms. The van der Waals surface area contributed by atoms with Gasteiger partial charge >= 0.3 is 0 Å². The lowest BCUT2D eigenvalue weighted by molar-refractivity contribution is -0.0325. The van der Waals surface area contributed by atoms with Gasteiger partial charge in [-0.3, -0.25) is 0 Å². The van der Waals surface area contributed by atoms with Gasteiger partial charge in [0.2, 0.25) is 0 Å². The zero-order chi connectivity index (χ0) is 12.2. The number of thiazole rings is 1. The predicted molar refractivity (Wildman–Crippen MR) is 68.9 cm³/mol. The fourth-order valence-corrected chi connectivity index (χ4v) is 2.90. The van der Waals surface area contributed by atoms with Crippen LogP contribution in [-0.4, -0.2) is 18.1 Å². The SMILES string of the molecule is CCOC(C)(CC)c1nc(C)c(CCN)s1. The number of ether oxygens (including phenoxy) is 1. The van der Waals surface area contributed by atoms with Crippen molar-refractivity contribution in [2.45, 2.75) is 46.1 Å². The van der Waals surface area contributed by atoms with E-state index in [1.807, 2.05) is 13.8 Å². The summed E-state index contributed by atoms with van der Waals surface area (Å²) in [7, 11) is 0. The number of nitrogens with zero attached hydrogens (tertiary/aromatic N) is 1. The van der Waals surface area contributed by atoms with E-state index in [9.17, 15) is 0 Å². The molecule has 2 N–H and O–H groups in total. The molecule has 1 unspecified atom stereocenters. The topological polar surface area (TPSA) is 48.1 Å². The first-order chi connectivity index (χ1) is 7.57. The van der Waals surface area contributed by atoms with Gasteiger partial charge in [0.15, 0.2) is 0 Å². The summed E-state index contributed by atoms with van der Waals surface area (Å²) in [6.07, 6.45) is 1.85. The minimum absolute atomic E-state index is 0.239. The molecule has 0 radical (unpaired) electrons. The third-order valence-corrected chi connectivity index (χ3v) is 4.32. The number of hydrogen-bond acceptors (Lipinski definition) is 4. The van der Waals surface area contributed by atoms with Gasteiger partial charge in [-0.1, -0.05) is 6.92 Å². The van der Waals surface area contributed by atoms with E-state index in [2.05, 4.69) is 18.8 Å². The predicted octanol–water partition coefficient (Wildman–Crippen LogP) is 2.61. The molecule has 1 rings (SSSR count). The lowest BCUT2D eigenvalue weighted by Gasteiger charge is -2.25. The first-order valence-corrected chi connectivity index (χ1v) is 6.69. The molecular formula is C12H22N2OS. The Balaban J connectivity index is 2.97. The highest BCUT2D eigenvalue weighted by Crippen LogP contribution is 2.33. The molecule has 0 saturated carbocycles. The van der Waals surface area contributed by atoms with Crippen LogP contribution in [0.3, 0.4) is 0 Å². The molecule has 0 aliphatic carbocycles. The average Bonchev–Trinajstić information content (AvgIpc) is 2.62. The maximum atomic E-state index is 5.83. The van der Waals surface area contributed by atoms with Crippen LogP contribution in [-0.2, 0) is 16.8 Å². The molecule has 0 amide bonds. The quantitative estimate of drug-likeness (QED) is 0.834. The number of nitrogens with two attached hydrogens (primary N) is 1. The van der Waals surface area contributed by atoms with Gasteiger partial charge in [-0.05, 0) is 40.2 Å². The molecule has 16 heavy (non-hydrogen) atoms. The summed E-state index contributed by atoms with van der Waals surface area (Å²) in [4.78, 5) is 5.92. The highest BCUT2D eigenvalue weighted by atomic mass is 32.1. The van der Waals surface area contributed by atoms with Crippen molar-refractivity contribution in [1.82, 2.24) is 4.98 Å². The monoisotopic (exact) mass is 242 g/mol. The van der Waals surface area contributed by atoms with Crippen LogP contribution in [0, 0.1) is 6.92 Å². The summed E-state index contributed by atoms with van der Waals surface area (Å²) in [6, 6.07) is 0. The van der Waals surface area contributed by atoms with Crippen LogP contribution in [0.1, 0.15) is 42.8 Å². The first-order valence-electron chi connectivity index (χ1n) is 5.88. The van der Waals surface area contributed by atoms with Crippen LogP contribution in [0.4, 0.5) is 0 Å². The van der Waals surface area contributed by atoms with E-state index >= 15 is 0 Å². The summed E-state index contributed by atoms with van der Waals surface area (Å²) in [5, 5.41) is 1.08. The molecule has 0 spiro atoms. The van der Waals surface area contributed by atoms with E-state index < -0.39 is 0 Å². The van der Waals surface area contributed by atoms with E-state index in [0.717, 1.165) is 30.2 Å². The number of hydrogen-bond donors (Lipinski definition) is 1. The summed E-state index contributed by atoms with van der Waals surface area (Å²) in [5.41, 5.74) is 6.45. The van der Waals surface area contributed by atoms with Crippen LogP contribution in [0.5, 0.6) is 0 Å². The van der Waals surface area contributed by atoms with Gasteiger partial charge in [0.25, 0.3) is 0 Å². The molecule has 1 heterocycles. The summed E-state index contributed by atoms with van der Waals surface area (Å²) in [5.74, 6) is 0. The fraction of sp³-hybridized carbons (Fsp3) is 0.750. The molecule has 3 nitrogen and oxygen atoms in total. The van der Waals surface area contributed by atoms with Crippen LogP contribution >= 0.6 is 11.3 Å². The molecule has 1 atom stereocenters. The van der Waals surface area contributed by atoms with Crippen LogP contribution in [0.15, 0.2) is 0 Å². The third-order valence-electron chi connectivity index (χ3n) is 2.85. The second-order valence-electron chi connectivity index (χ2n) is 4.08. The van der Waals surface area contributed by atoms with Crippen molar-refractivity contribution in [2.75, 3.05) is 13.2 Å². The van der Waals surface area contributed by atoms with Crippen molar-refractivity contribution in [3.8, 4) is 0 Å². The number of rotatable bonds is 6. The number of aryl methyl sites for hydroxylation is 1. The van der Waals surface area contributed by atoms with Gasteiger partial charge in [0.1, 0.15) is 10.6 Å². The van der Waals surface area contributed by atoms with Crippen LogP contribution < -0.4 is 5.73 Å². The summed E-state index contributed by atoms with van der Waals surface area (Å²) >= 11 is 1.74. The Morgan fingerprint density at radius 3 is 2.62 bits per heavy atom. The highest BCUT2D eigenvalue weighted by Gasteiger charge is 2.29. The zero-order valence-electron chi connectivity index (χ0n) is 10.7. The van der Waals surface area contributed by atoms with Gasteiger partial charge in [0.05, 0.1) is 5.69 Å². The van der Waals surface area contributed by atoms with Crippen LogP contribution in [0.25, 0.3) is 0 Å². The average molecular weight is 242 g/mol. The maximum absolute atomic E-state index is 5.83. The molecule has 0 aliphatic rings. The Labute approximate surface area is 102 Å². The lowest BCUT2D eigenvalue weighted by Crippen LogP contribution is -2.24. The summed E-state index contributed by atoms with van der Waals surface area (Å²) < 4.78 is 5.83. The molecule has 4 heteroatoms. The van der Waals surface area contributed by atoms with E-state index in [0.29, 0.717) is 6.54 Å². The standard InChI is InChI=1S/C12H22N2OS/c1-5-12(4,15-6-2)11-14-9(3)10(16-11)7-8-13/h5-8,13H2,1-4H3. The number of aromatic nitrogens is 1. The van der Waals surface area contributed by atoms with Gasteiger partial charge < -0.3 is 10.5 Å². The Bertz CT molecular complexity index is 338. The molecule has 0 saturated heterocycles. The maximum Gasteiger partial charge on any atom is 0.125 e. The summed E-state index contributed by atoms with van der Waals surface area (Å²) in [6.45, 7) is 9.72. The van der Waals surface area contributed by atoms with Crippen molar-refractivity contribution in [3.63, 3.8) is 0 Å². The smallest absolute Gasteiger partial charge is 0.125 e. The molecule has 92 valence electrons. The Morgan fingerprint density at radius 1 is 1.44 bits per heavy atom. The molecule has 0 aliphatic heterocycles. The van der Waals surface area contributed by atoms with E-state index in [1.54, 1.807) is 11.3 Å². The van der Waals surface area contributed by atoms with Gasteiger partial charge in [-0.15, -0.1) is 11.3 Å². The van der Waals surface area contributed by atoms with Gasteiger partial charge in [-0.2, -0.15) is 0 Å². The van der Waals surface area contributed by atoms with Crippen molar-refractivity contribution < 1.29 is 4.74 Å². The normalized spacial score (nSPS) is 15.1. The minimum Gasteiger partial charge on any atom is -0.368 e. The molecule has 0 aromatic carbocycles. The largest absolute Gasteiger partial charge is 0.368 e. The first kappa shape index (κ1) is 13.6. The Morgan fingerprint density at radius 2 is 2.12 bits per heavy atom. The van der Waals surface area contributed by atoms with E-state index in [1.165, 1.54) is 4.88 Å². The molecule has 1 aromatic rings. The lowest BCUT2D eigenvalue weighted by atomic mass is 10.0. The Kier molecular flexibility index (Phi) is 4.89. The van der Waals surface area contributed by atoms with E-state index in [-0.39, 0.29) is 5.60 Å². The third kappa shape index (κ3) is 2.81. The Hall–Kier alpha value is -0.450. The second kappa shape index (κ2) is 5.75. The fourth-order valence-electron chi connectivity index (χ4n) is 1.65. The molecule has 0 fully saturated rings. The van der Waals surface area contributed by atoms with Gasteiger partial charge in [-0.25, -0.2) is 4.98 Å². The second-order valence-corrected chi connectivity index (χ2v) is 5.17. The van der Waals surface area contributed by atoms with Crippen molar-refractivity contribution in [2.24, 2.45) is 5.73 Å². The molecular weight excluding hydrogens is 220 g/mol. The van der Waals surface area contributed by atoms with Crippen LogP contribution in [0.2, 0.25) is 0 Å². The van der Waals surface area contributed by atoms with Crippen molar-refractivity contribution >= 4 is 11.3 Å². The van der Waals surface area contributed by atoms with Crippen molar-refractivity contribution in [3.05, 3.63) is 15.6 Å². The van der Waals surface area contributed by atoms with Gasteiger partial charge in [0, 0.05) is 11.5 Å². The van der Waals surface area contributed by atoms with Crippen molar-refractivity contribution in [1.29, 1.82) is 0 Å². The zero-order valence-corrected chi connectivity index (χ0v) is 11.5. The minimum atomic E-state index is -0.239. The highest BCUT2D eigenvalue weighted by molar-refractivity contribution is 7.11. The molecule has 1 aromatic heterocycles. The van der Waals surface area contributed by atoms with E-state index in [4.69, 9.17) is 10.5 Å².